The molecule has 0 saturated carbocycles. The Morgan fingerprint density at radius 3 is 2.09 bits per heavy atom. The van der Waals surface area contributed by atoms with Gasteiger partial charge < -0.3 is 37.6 Å². The molecule has 0 saturated heterocycles. The molecular formula is C20H40N10O5. The molecule has 15 heteroatoms. The number of carbonyl (C=O) groups is 5. The minimum atomic E-state index is -0.935. The van der Waals surface area contributed by atoms with Gasteiger partial charge in [-0.15, -0.1) is 0 Å². The standard InChI is InChI=1S/C20H40N10O5/c1-12(2)25-10-16(32)28-29-20(35)27-11-17(33)30(13(3)4)14(18(34)26-9-15(21)31)7-6-8-24-19(22)23-5/h12-14,25H,6-11H2,1-5H3,(H2,21,31)(H,26,34)(H,28,32)(H3,22,23,24)(H2,27,29,35). The van der Waals surface area contributed by atoms with Crippen LogP contribution in [0.2, 0.25) is 0 Å². The van der Waals surface area contributed by atoms with E-state index in [0.717, 1.165) is 0 Å². The summed E-state index contributed by atoms with van der Waals surface area (Å²) in [4.78, 5) is 65.5. The van der Waals surface area contributed by atoms with Gasteiger partial charge in [0.15, 0.2) is 5.96 Å². The molecule has 35 heavy (non-hydrogen) atoms. The molecule has 0 rings (SSSR count). The SMILES string of the molecule is CN=C(N)NCCCC(C(=O)NCC(N)=O)N(C(=O)CNC(=O)NNC(=O)CNC(C)C)C(C)C. The van der Waals surface area contributed by atoms with Gasteiger partial charge in [-0.3, -0.25) is 29.6 Å². The molecular weight excluding hydrogens is 460 g/mol. The van der Waals surface area contributed by atoms with Gasteiger partial charge >= 0.3 is 6.03 Å². The van der Waals surface area contributed by atoms with E-state index in [1.807, 2.05) is 13.8 Å². The Bertz CT molecular complexity index is 757. The Labute approximate surface area is 205 Å². The number of guanidine groups is 1. The first-order valence-corrected chi connectivity index (χ1v) is 11.3. The maximum atomic E-state index is 12.9. The molecule has 0 bridgehead atoms. The monoisotopic (exact) mass is 500 g/mol. The summed E-state index contributed by atoms with van der Waals surface area (Å²) in [6.07, 6.45) is 0.690. The lowest BCUT2D eigenvalue weighted by atomic mass is 10.1. The summed E-state index contributed by atoms with van der Waals surface area (Å²) in [5, 5.41) is 10.5. The first kappa shape index (κ1) is 31.4. The van der Waals surface area contributed by atoms with Crippen LogP contribution < -0.4 is 43.6 Å². The van der Waals surface area contributed by atoms with Crippen molar-refractivity contribution in [1.82, 2.24) is 37.0 Å². The van der Waals surface area contributed by atoms with E-state index in [-0.39, 0.29) is 31.5 Å². The van der Waals surface area contributed by atoms with E-state index in [4.69, 9.17) is 11.5 Å². The quantitative estimate of drug-likeness (QED) is 0.0524. The molecule has 0 spiro atoms. The predicted molar refractivity (Wildman–Crippen MR) is 131 cm³/mol. The van der Waals surface area contributed by atoms with E-state index in [2.05, 4.69) is 37.1 Å². The lowest BCUT2D eigenvalue weighted by molar-refractivity contribution is -0.142. The number of nitrogens with zero attached hydrogens (tertiary/aromatic N) is 2. The molecule has 1 unspecified atom stereocenters. The second-order valence-corrected chi connectivity index (χ2v) is 8.16. The largest absolute Gasteiger partial charge is 0.370 e. The highest BCUT2D eigenvalue weighted by atomic mass is 16.2. The molecule has 0 radical (unpaired) electrons. The van der Waals surface area contributed by atoms with Crippen molar-refractivity contribution in [3.63, 3.8) is 0 Å². The molecule has 0 aromatic rings. The van der Waals surface area contributed by atoms with Gasteiger partial charge in [-0.05, 0) is 26.7 Å². The van der Waals surface area contributed by atoms with Crippen LogP contribution in [0.1, 0.15) is 40.5 Å². The number of urea groups is 1. The van der Waals surface area contributed by atoms with Gasteiger partial charge in [0, 0.05) is 25.7 Å². The first-order valence-electron chi connectivity index (χ1n) is 11.3. The molecule has 0 aliphatic rings. The van der Waals surface area contributed by atoms with E-state index >= 15 is 0 Å². The fourth-order valence-electron chi connectivity index (χ4n) is 2.86. The van der Waals surface area contributed by atoms with Crippen molar-refractivity contribution in [3.05, 3.63) is 0 Å². The number of carbonyl (C=O) groups excluding carboxylic acids is 5. The second-order valence-electron chi connectivity index (χ2n) is 8.16. The van der Waals surface area contributed by atoms with Crippen LogP contribution in [-0.4, -0.2) is 91.9 Å². The predicted octanol–water partition coefficient (Wildman–Crippen LogP) is -3.16. The fourth-order valence-corrected chi connectivity index (χ4v) is 2.86. The molecule has 1 atom stereocenters. The second kappa shape index (κ2) is 16.9. The van der Waals surface area contributed by atoms with Crippen LogP contribution in [0.4, 0.5) is 4.79 Å². The number of amides is 6. The third-order valence-electron chi connectivity index (χ3n) is 4.51. The van der Waals surface area contributed by atoms with Crippen molar-refractivity contribution in [2.24, 2.45) is 16.5 Å². The molecule has 0 aliphatic heterocycles. The van der Waals surface area contributed by atoms with E-state index < -0.39 is 48.3 Å². The normalized spacial score (nSPS) is 12.0. The van der Waals surface area contributed by atoms with E-state index in [1.54, 1.807) is 13.8 Å². The number of nitrogens with two attached hydrogens (primary N) is 2. The number of aliphatic imine (C=N–C) groups is 1. The van der Waals surface area contributed by atoms with E-state index in [1.165, 1.54) is 11.9 Å². The van der Waals surface area contributed by atoms with Gasteiger partial charge in [0.05, 0.1) is 19.6 Å². The number of nitrogens with one attached hydrogen (secondary N) is 6. The number of rotatable bonds is 14. The third-order valence-corrected chi connectivity index (χ3v) is 4.51. The summed E-state index contributed by atoms with van der Waals surface area (Å²) in [5.74, 6) is -2.05. The maximum Gasteiger partial charge on any atom is 0.333 e. The Morgan fingerprint density at radius 2 is 1.54 bits per heavy atom. The minimum absolute atomic E-state index is 0.00468. The average molecular weight is 501 g/mol. The molecule has 15 nitrogen and oxygen atoms in total. The molecule has 200 valence electrons. The van der Waals surface area contributed by atoms with E-state index in [9.17, 15) is 24.0 Å². The molecule has 10 N–H and O–H groups in total. The van der Waals surface area contributed by atoms with Crippen LogP contribution in [0.25, 0.3) is 0 Å². The summed E-state index contributed by atoms with van der Waals surface area (Å²) >= 11 is 0. The van der Waals surface area contributed by atoms with Crippen LogP contribution in [-0.2, 0) is 19.2 Å². The van der Waals surface area contributed by atoms with Crippen molar-refractivity contribution in [3.8, 4) is 0 Å². The van der Waals surface area contributed by atoms with Crippen molar-refractivity contribution in [2.75, 3.05) is 33.2 Å². The zero-order valence-electron chi connectivity index (χ0n) is 21.1. The van der Waals surface area contributed by atoms with Crippen molar-refractivity contribution in [1.29, 1.82) is 0 Å². The summed E-state index contributed by atoms with van der Waals surface area (Å²) in [6, 6.07) is -2.05. The molecule has 0 aliphatic carbocycles. The summed E-state index contributed by atoms with van der Waals surface area (Å²) < 4.78 is 0. The Hall–Kier alpha value is -3.62. The smallest absolute Gasteiger partial charge is 0.333 e. The highest BCUT2D eigenvalue weighted by molar-refractivity contribution is 5.92. The summed E-state index contributed by atoms with van der Waals surface area (Å²) in [7, 11) is 1.53. The van der Waals surface area contributed by atoms with Gasteiger partial charge in [0.1, 0.15) is 6.04 Å². The first-order chi connectivity index (χ1) is 16.4. The van der Waals surface area contributed by atoms with Crippen LogP contribution in [0.3, 0.4) is 0 Å². The Morgan fingerprint density at radius 1 is 0.886 bits per heavy atom. The zero-order chi connectivity index (χ0) is 27.0. The number of hydrogen-bond donors (Lipinski definition) is 8. The molecule has 0 aromatic carbocycles. The van der Waals surface area contributed by atoms with Gasteiger partial charge in [0.25, 0.3) is 5.91 Å². The van der Waals surface area contributed by atoms with E-state index in [0.29, 0.717) is 13.0 Å². The van der Waals surface area contributed by atoms with Gasteiger partial charge in [-0.2, -0.15) is 0 Å². The van der Waals surface area contributed by atoms with Crippen LogP contribution in [0.5, 0.6) is 0 Å². The van der Waals surface area contributed by atoms with Gasteiger partial charge in [0.2, 0.25) is 17.7 Å². The van der Waals surface area contributed by atoms with Crippen LogP contribution >= 0.6 is 0 Å². The third kappa shape index (κ3) is 14.3. The molecule has 0 aromatic heterocycles. The average Bonchev–Trinajstić information content (AvgIpc) is 2.79. The molecule has 0 heterocycles. The lowest BCUT2D eigenvalue weighted by Gasteiger charge is -2.34. The number of hydrogen-bond acceptors (Lipinski definition) is 7. The minimum Gasteiger partial charge on any atom is -0.370 e. The Balaban J connectivity index is 5.10. The summed E-state index contributed by atoms with van der Waals surface area (Å²) in [6.45, 7) is 6.76. The summed E-state index contributed by atoms with van der Waals surface area (Å²) in [5.41, 5.74) is 15.1. The van der Waals surface area contributed by atoms with Crippen LogP contribution in [0.15, 0.2) is 4.99 Å². The topological polar surface area (TPSA) is 225 Å². The molecule has 6 amide bonds. The maximum absolute atomic E-state index is 12.9. The highest BCUT2D eigenvalue weighted by Crippen LogP contribution is 2.12. The van der Waals surface area contributed by atoms with Crippen LogP contribution in [0, 0.1) is 0 Å². The molecule has 0 fully saturated rings. The highest BCUT2D eigenvalue weighted by Gasteiger charge is 2.31. The Kier molecular flexibility index (Phi) is 15.2. The zero-order valence-corrected chi connectivity index (χ0v) is 21.1. The fraction of sp³-hybridized carbons (Fsp3) is 0.700. The lowest BCUT2D eigenvalue weighted by Crippen LogP contribution is -2.57. The number of hydrazine groups is 1. The van der Waals surface area contributed by atoms with Crippen molar-refractivity contribution < 1.29 is 24.0 Å². The van der Waals surface area contributed by atoms with Crippen molar-refractivity contribution in [2.45, 2.75) is 58.7 Å². The van der Waals surface area contributed by atoms with Gasteiger partial charge in [-0.1, -0.05) is 13.8 Å². The number of primary amides is 1. The van der Waals surface area contributed by atoms with Gasteiger partial charge in [-0.25, -0.2) is 10.2 Å². The van der Waals surface area contributed by atoms with Crippen molar-refractivity contribution >= 4 is 35.6 Å².